The minimum absolute atomic E-state index is 0.346. The van der Waals surface area contributed by atoms with Gasteiger partial charge >= 0.3 is 0 Å². The Morgan fingerprint density at radius 2 is 1.82 bits per heavy atom. The van der Waals surface area contributed by atoms with Gasteiger partial charge in [-0.05, 0) is 34.9 Å². The lowest BCUT2D eigenvalue weighted by atomic mass is 10.1. The van der Waals surface area contributed by atoms with Crippen LogP contribution in [-0.4, -0.2) is 22.1 Å². The van der Waals surface area contributed by atoms with Gasteiger partial charge in [-0.25, -0.2) is 4.68 Å². The standard InChI is InChI=1S/C15H12N6O/c1-22-13-9-7-12(8-10-13)21-15(18-19-16)14(17-20-21)11-5-3-2-4-6-11/h2-10H,1H3. The van der Waals surface area contributed by atoms with Crippen molar-refractivity contribution in [2.45, 2.75) is 0 Å². The third-order valence-electron chi connectivity index (χ3n) is 3.15. The molecule has 108 valence electrons. The molecule has 0 unspecified atom stereocenters. The number of benzene rings is 2. The van der Waals surface area contributed by atoms with Crippen molar-refractivity contribution in [1.82, 2.24) is 15.0 Å². The van der Waals surface area contributed by atoms with Crippen LogP contribution in [0.4, 0.5) is 5.82 Å². The van der Waals surface area contributed by atoms with Gasteiger partial charge in [0.15, 0.2) is 5.82 Å². The molecular formula is C15H12N6O. The van der Waals surface area contributed by atoms with Crippen molar-refractivity contribution in [3.05, 3.63) is 65.0 Å². The molecule has 22 heavy (non-hydrogen) atoms. The summed E-state index contributed by atoms with van der Waals surface area (Å²) in [6.07, 6.45) is 0. The summed E-state index contributed by atoms with van der Waals surface area (Å²) in [4.78, 5) is 2.88. The Kier molecular flexibility index (Phi) is 3.72. The topological polar surface area (TPSA) is 88.7 Å². The highest BCUT2D eigenvalue weighted by atomic mass is 16.5. The molecule has 0 fully saturated rings. The monoisotopic (exact) mass is 292 g/mol. The normalized spacial score (nSPS) is 10.0. The first-order valence-electron chi connectivity index (χ1n) is 6.54. The molecule has 0 radical (unpaired) electrons. The molecule has 2 aromatic carbocycles. The lowest BCUT2D eigenvalue weighted by Gasteiger charge is -2.05. The van der Waals surface area contributed by atoms with Crippen LogP contribution in [0.5, 0.6) is 5.75 Å². The number of methoxy groups -OCH3 is 1. The lowest BCUT2D eigenvalue weighted by molar-refractivity contribution is 0.414. The number of azide groups is 1. The van der Waals surface area contributed by atoms with Crippen molar-refractivity contribution in [3.63, 3.8) is 0 Å². The SMILES string of the molecule is COc1ccc(-n2nnc(-c3ccccc3)c2N=[N+]=[N-])cc1. The third kappa shape index (κ3) is 2.48. The smallest absolute Gasteiger partial charge is 0.158 e. The number of rotatable bonds is 4. The molecule has 0 bridgehead atoms. The predicted octanol–water partition coefficient (Wildman–Crippen LogP) is 3.88. The minimum atomic E-state index is 0.346. The van der Waals surface area contributed by atoms with Crippen LogP contribution in [0.1, 0.15) is 0 Å². The molecule has 7 nitrogen and oxygen atoms in total. The average Bonchev–Trinajstić information content (AvgIpc) is 3.00. The molecule has 1 heterocycles. The summed E-state index contributed by atoms with van der Waals surface area (Å²) >= 11 is 0. The van der Waals surface area contributed by atoms with Crippen molar-refractivity contribution < 1.29 is 4.74 Å². The van der Waals surface area contributed by atoms with Crippen LogP contribution in [0.25, 0.3) is 27.4 Å². The third-order valence-corrected chi connectivity index (χ3v) is 3.15. The van der Waals surface area contributed by atoms with E-state index in [2.05, 4.69) is 20.3 Å². The van der Waals surface area contributed by atoms with E-state index in [1.807, 2.05) is 42.5 Å². The summed E-state index contributed by atoms with van der Waals surface area (Å²) < 4.78 is 6.63. The molecule has 0 aliphatic carbocycles. The first kappa shape index (κ1) is 13.7. The quantitative estimate of drug-likeness (QED) is 0.415. The summed E-state index contributed by atoms with van der Waals surface area (Å²) in [5.74, 6) is 1.08. The van der Waals surface area contributed by atoms with Crippen molar-refractivity contribution in [2.24, 2.45) is 5.11 Å². The Morgan fingerprint density at radius 1 is 1.09 bits per heavy atom. The van der Waals surface area contributed by atoms with E-state index in [9.17, 15) is 0 Å². The zero-order chi connectivity index (χ0) is 15.4. The summed E-state index contributed by atoms with van der Waals surface area (Å²) in [5.41, 5.74) is 10.9. The van der Waals surface area contributed by atoms with E-state index in [-0.39, 0.29) is 0 Å². The number of aromatic nitrogens is 3. The van der Waals surface area contributed by atoms with Crippen LogP contribution >= 0.6 is 0 Å². The first-order chi connectivity index (χ1) is 10.8. The van der Waals surface area contributed by atoms with Gasteiger partial charge in [-0.1, -0.05) is 35.5 Å². The second-order valence-electron chi connectivity index (χ2n) is 4.43. The summed E-state index contributed by atoms with van der Waals surface area (Å²) in [6, 6.07) is 16.7. The van der Waals surface area contributed by atoms with Crippen molar-refractivity contribution >= 4 is 5.82 Å². The maximum atomic E-state index is 8.83. The van der Waals surface area contributed by atoms with E-state index in [0.29, 0.717) is 11.5 Å². The van der Waals surface area contributed by atoms with Gasteiger partial charge in [0.05, 0.1) is 12.8 Å². The number of ether oxygens (including phenoxy) is 1. The largest absolute Gasteiger partial charge is 0.497 e. The molecule has 0 saturated heterocycles. The highest BCUT2D eigenvalue weighted by Gasteiger charge is 2.14. The zero-order valence-corrected chi connectivity index (χ0v) is 11.8. The molecular weight excluding hydrogens is 280 g/mol. The predicted molar refractivity (Wildman–Crippen MR) is 82.2 cm³/mol. The maximum Gasteiger partial charge on any atom is 0.158 e. The van der Waals surface area contributed by atoms with E-state index in [1.54, 1.807) is 19.2 Å². The van der Waals surface area contributed by atoms with Crippen LogP contribution in [-0.2, 0) is 0 Å². The second kappa shape index (κ2) is 5.99. The highest BCUT2D eigenvalue weighted by Crippen LogP contribution is 2.30. The molecule has 0 aliphatic rings. The number of nitrogens with zero attached hydrogens (tertiary/aromatic N) is 6. The maximum absolute atomic E-state index is 8.83. The van der Waals surface area contributed by atoms with Crippen LogP contribution in [0.15, 0.2) is 59.7 Å². The van der Waals surface area contributed by atoms with Gasteiger partial charge in [-0.2, -0.15) is 0 Å². The molecule has 3 rings (SSSR count). The first-order valence-corrected chi connectivity index (χ1v) is 6.54. The van der Waals surface area contributed by atoms with E-state index in [4.69, 9.17) is 10.3 Å². The molecule has 3 aromatic rings. The Hall–Kier alpha value is -3.31. The highest BCUT2D eigenvalue weighted by molar-refractivity contribution is 5.70. The van der Waals surface area contributed by atoms with E-state index < -0.39 is 0 Å². The molecule has 0 aliphatic heterocycles. The molecule has 0 atom stereocenters. The van der Waals surface area contributed by atoms with Gasteiger partial charge in [-0.15, -0.1) is 5.10 Å². The summed E-state index contributed by atoms with van der Waals surface area (Å²) in [6.45, 7) is 0. The molecule has 7 heteroatoms. The zero-order valence-electron chi connectivity index (χ0n) is 11.8. The lowest BCUT2D eigenvalue weighted by Crippen LogP contribution is -1.96. The van der Waals surface area contributed by atoms with E-state index in [0.717, 1.165) is 17.0 Å². The Labute approximate surface area is 126 Å². The van der Waals surface area contributed by atoms with Gasteiger partial charge in [0, 0.05) is 10.5 Å². The average molecular weight is 292 g/mol. The van der Waals surface area contributed by atoms with Gasteiger partial charge in [-0.3, -0.25) is 0 Å². The Bertz CT molecular complexity index is 819. The Balaban J connectivity index is 2.12. The molecule has 0 spiro atoms. The van der Waals surface area contributed by atoms with Crippen molar-refractivity contribution in [1.29, 1.82) is 0 Å². The fourth-order valence-electron chi connectivity index (χ4n) is 2.09. The number of hydrogen-bond donors (Lipinski definition) is 0. The van der Waals surface area contributed by atoms with Crippen LogP contribution in [0, 0.1) is 0 Å². The molecule has 0 amide bonds. The van der Waals surface area contributed by atoms with Gasteiger partial charge in [0.25, 0.3) is 0 Å². The summed E-state index contributed by atoms with van der Waals surface area (Å²) in [5, 5.41) is 12.0. The van der Waals surface area contributed by atoms with Crippen molar-refractivity contribution in [3.8, 4) is 22.7 Å². The molecule has 0 saturated carbocycles. The van der Waals surface area contributed by atoms with Gasteiger partial charge < -0.3 is 4.74 Å². The van der Waals surface area contributed by atoms with Crippen molar-refractivity contribution in [2.75, 3.05) is 7.11 Å². The number of hydrogen-bond acceptors (Lipinski definition) is 4. The molecule has 1 aromatic heterocycles. The van der Waals surface area contributed by atoms with E-state index in [1.165, 1.54) is 4.68 Å². The second-order valence-corrected chi connectivity index (χ2v) is 4.43. The Morgan fingerprint density at radius 3 is 2.45 bits per heavy atom. The van der Waals surface area contributed by atoms with Crippen LogP contribution in [0.2, 0.25) is 0 Å². The van der Waals surface area contributed by atoms with Crippen LogP contribution in [0.3, 0.4) is 0 Å². The fourth-order valence-corrected chi connectivity index (χ4v) is 2.09. The van der Waals surface area contributed by atoms with E-state index >= 15 is 0 Å². The van der Waals surface area contributed by atoms with Gasteiger partial charge in [0.2, 0.25) is 0 Å². The fraction of sp³-hybridized carbons (Fsp3) is 0.0667. The minimum Gasteiger partial charge on any atom is -0.497 e. The van der Waals surface area contributed by atoms with Crippen LogP contribution < -0.4 is 4.74 Å². The summed E-state index contributed by atoms with van der Waals surface area (Å²) in [7, 11) is 1.60. The van der Waals surface area contributed by atoms with Gasteiger partial charge in [0.1, 0.15) is 11.4 Å². The molecule has 0 N–H and O–H groups in total.